The summed E-state index contributed by atoms with van der Waals surface area (Å²) in [5, 5.41) is 6.19. The molecule has 3 aromatic rings. The molecule has 0 spiro atoms. The summed E-state index contributed by atoms with van der Waals surface area (Å²) in [4.78, 5) is 41.0. The highest BCUT2D eigenvalue weighted by Gasteiger charge is 2.38. The number of nitrogens with one attached hydrogen (secondary N) is 2. The molecular formula is C27H25Cl2N3O3. The van der Waals surface area contributed by atoms with Gasteiger partial charge in [0.15, 0.2) is 0 Å². The van der Waals surface area contributed by atoms with Crippen LogP contribution in [0.5, 0.6) is 0 Å². The predicted octanol–water partition coefficient (Wildman–Crippen LogP) is 6.29. The van der Waals surface area contributed by atoms with Crippen molar-refractivity contribution in [3.05, 3.63) is 87.9 Å². The van der Waals surface area contributed by atoms with Crippen molar-refractivity contribution in [3.63, 3.8) is 0 Å². The molecule has 4 rings (SSSR count). The monoisotopic (exact) mass is 509 g/mol. The predicted molar refractivity (Wildman–Crippen MR) is 141 cm³/mol. The van der Waals surface area contributed by atoms with Crippen LogP contribution in [0.1, 0.15) is 43.1 Å². The fourth-order valence-electron chi connectivity index (χ4n) is 3.94. The Kier molecular flexibility index (Phi) is 6.88. The van der Waals surface area contributed by atoms with Gasteiger partial charge >= 0.3 is 0 Å². The second-order valence-corrected chi connectivity index (χ2v) is 10.2. The summed E-state index contributed by atoms with van der Waals surface area (Å²) >= 11 is 12.0. The van der Waals surface area contributed by atoms with Crippen LogP contribution in [0.2, 0.25) is 10.0 Å². The number of anilines is 3. The van der Waals surface area contributed by atoms with Gasteiger partial charge in [-0.05, 0) is 53.4 Å². The molecule has 0 radical (unpaired) electrons. The second kappa shape index (κ2) is 9.72. The van der Waals surface area contributed by atoms with Gasteiger partial charge in [0.25, 0.3) is 5.91 Å². The van der Waals surface area contributed by atoms with E-state index in [1.807, 2.05) is 12.1 Å². The number of carbonyl (C=O) groups excluding carboxylic acids is 3. The molecule has 180 valence electrons. The molecule has 0 aliphatic carbocycles. The van der Waals surface area contributed by atoms with E-state index in [-0.39, 0.29) is 17.7 Å². The molecule has 0 aromatic heterocycles. The Hall–Kier alpha value is -3.35. The van der Waals surface area contributed by atoms with Gasteiger partial charge in [-0.2, -0.15) is 0 Å². The van der Waals surface area contributed by atoms with E-state index in [4.69, 9.17) is 23.2 Å². The largest absolute Gasteiger partial charge is 0.326 e. The Morgan fingerprint density at radius 2 is 1.66 bits per heavy atom. The number of carbonyl (C=O) groups is 3. The van der Waals surface area contributed by atoms with Crippen molar-refractivity contribution in [1.82, 2.24) is 0 Å². The average molecular weight is 510 g/mol. The van der Waals surface area contributed by atoms with E-state index >= 15 is 0 Å². The Balaban J connectivity index is 1.64. The quantitative estimate of drug-likeness (QED) is 0.433. The molecule has 35 heavy (non-hydrogen) atoms. The maximum Gasteiger partial charge on any atom is 0.259 e. The van der Waals surface area contributed by atoms with Crippen molar-refractivity contribution < 1.29 is 14.4 Å². The average Bonchev–Trinajstić information content (AvgIpc) is 2.81. The number of amides is 3. The Morgan fingerprint density at radius 3 is 2.31 bits per heavy atom. The fraction of sp³-hybridized carbons (Fsp3) is 0.222. The number of rotatable bonds is 4. The van der Waals surface area contributed by atoms with E-state index in [1.54, 1.807) is 48.5 Å². The van der Waals surface area contributed by atoms with Crippen LogP contribution in [-0.2, 0) is 15.0 Å². The van der Waals surface area contributed by atoms with E-state index in [2.05, 4.69) is 31.4 Å². The summed E-state index contributed by atoms with van der Waals surface area (Å²) in [5.41, 5.74) is 2.93. The number of fused-ring (bicyclic) bond motifs is 1. The van der Waals surface area contributed by atoms with Crippen molar-refractivity contribution in [3.8, 4) is 0 Å². The van der Waals surface area contributed by atoms with Crippen LogP contribution in [0.3, 0.4) is 0 Å². The van der Waals surface area contributed by atoms with Crippen LogP contribution in [0.15, 0.2) is 66.7 Å². The molecule has 3 amide bonds. The highest BCUT2D eigenvalue weighted by Crippen LogP contribution is 2.35. The summed E-state index contributed by atoms with van der Waals surface area (Å²) in [6, 6.07) is 18.0. The zero-order valence-electron chi connectivity index (χ0n) is 19.6. The molecular weight excluding hydrogens is 485 g/mol. The van der Waals surface area contributed by atoms with Crippen molar-refractivity contribution in [2.45, 2.75) is 38.6 Å². The molecule has 1 unspecified atom stereocenters. The Bertz CT molecular complexity index is 1300. The first-order valence-corrected chi connectivity index (χ1v) is 11.9. The molecule has 1 heterocycles. The first kappa shape index (κ1) is 24.8. The molecule has 0 saturated carbocycles. The minimum atomic E-state index is -1.04. The topological polar surface area (TPSA) is 78.5 Å². The lowest BCUT2D eigenvalue weighted by molar-refractivity contribution is -0.122. The second-order valence-electron chi connectivity index (χ2n) is 9.41. The van der Waals surface area contributed by atoms with Gasteiger partial charge in [-0.15, -0.1) is 0 Å². The lowest BCUT2D eigenvalue weighted by Crippen LogP contribution is -2.52. The maximum atomic E-state index is 13.7. The number of halogens is 2. The van der Waals surface area contributed by atoms with E-state index < -0.39 is 17.9 Å². The smallest absolute Gasteiger partial charge is 0.259 e. The highest BCUT2D eigenvalue weighted by molar-refractivity contribution is 6.42. The minimum Gasteiger partial charge on any atom is -0.326 e. The SMILES string of the molecule is CC(C)(C)c1ccc(C(=O)N2c3ccccc3NC(=O)C2CC(=O)Nc2ccc(Cl)c(Cl)c2)cc1. The number of para-hydroxylation sites is 2. The first-order valence-electron chi connectivity index (χ1n) is 11.1. The summed E-state index contributed by atoms with van der Waals surface area (Å²) in [6.07, 6.45) is -0.244. The van der Waals surface area contributed by atoms with E-state index in [0.717, 1.165) is 5.56 Å². The van der Waals surface area contributed by atoms with E-state index in [1.165, 1.54) is 11.0 Å². The van der Waals surface area contributed by atoms with Gasteiger partial charge in [0.1, 0.15) is 6.04 Å². The third-order valence-corrected chi connectivity index (χ3v) is 6.57. The van der Waals surface area contributed by atoms with Crippen LogP contribution in [0, 0.1) is 0 Å². The molecule has 0 fully saturated rings. The molecule has 0 saturated heterocycles. The summed E-state index contributed by atoms with van der Waals surface area (Å²) < 4.78 is 0. The van der Waals surface area contributed by atoms with Gasteiger partial charge in [-0.3, -0.25) is 19.3 Å². The van der Waals surface area contributed by atoms with Gasteiger partial charge < -0.3 is 10.6 Å². The fourth-order valence-corrected chi connectivity index (χ4v) is 4.24. The minimum absolute atomic E-state index is 0.0651. The van der Waals surface area contributed by atoms with Crippen LogP contribution in [0.4, 0.5) is 17.1 Å². The van der Waals surface area contributed by atoms with Crippen molar-refractivity contribution in [1.29, 1.82) is 0 Å². The Morgan fingerprint density at radius 1 is 0.971 bits per heavy atom. The molecule has 6 nitrogen and oxygen atoms in total. The summed E-state index contributed by atoms with van der Waals surface area (Å²) in [5.74, 6) is -1.24. The first-order chi connectivity index (χ1) is 16.5. The van der Waals surface area contributed by atoms with Gasteiger partial charge in [-0.1, -0.05) is 68.2 Å². The normalized spacial score (nSPS) is 15.3. The van der Waals surface area contributed by atoms with Gasteiger partial charge in [0, 0.05) is 11.3 Å². The number of nitrogens with zero attached hydrogens (tertiary/aromatic N) is 1. The van der Waals surface area contributed by atoms with E-state index in [0.29, 0.717) is 32.7 Å². The zero-order valence-corrected chi connectivity index (χ0v) is 21.1. The lowest BCUT2D eigenvalue weighted by Gasteiger charge is -2.36. The molecule has 2 N–H and O–H groups in total. The molecule has 3 aromatic carbocycles. The lowest BCUT2D eigenvalue weighted by atomic mass is 9.86. The third kappa shape index (κ3) is 5.34. The van der Waals surface area contributed by atoms with Gasteiger partial charge in [0.05, 0.1) is 27.8 Å². The zero-order chi connectivity index (χ0) is 25.3. The molecule has 8 heteroatoms. The highest BCUT2D eigenvalue weighted by atomic mass is 35.5. The Labute approximate surface area is 214 Å². The van der Waals surface area contributed by atoms with Crippen LogP contribution in [-0.4, -0.2) is 23.8 Å². The molecule has 1 atom stereocenters. The van der Waals surface area contributed by atoms with Gasteiger partial charge in [0.2, 0.25) is 11.8 Å². The number of hydrogen-bond acceptors (Lipinski definition) is 3. The summed E-state index contributed by atoms with van der Waals surface area (Å²) in [7, 11) is 0. The van der Waals surface area contributed by atoms with Crippen molar-refractivity contribution >= 4 is 58.0 Å². The third-order valence-electron chi connectivity index (χ3n) is 5.83. The van der Waals surface area contributed by atoms with E-state index in [9.17, 15) is 14.4 Å². The maximum absolute atomic E-state index is 13.7. The van der Waals surface area contributed by atoms with Gasteiger partial charge in [-0.25, -0.2) is 0 Å². The molecule has 1 aliphatic heterocycles. The van der Waals surface area contributed by atoms with Crippen molar-refractivity contribution in [2.24, 2.45) is 0 Å². The molecule has 0 bridgehead atoms. The molecule has 1 aliphatic rings. The number of hydrogen-bond donors (Lipinski definition) is 2. The standard InChI is InChI=1S/C27H25Cl2N3O3/c1-27(2,3)17-10-8-16(9-11-17)26(35)32-22-7-5-4-6-21(22)31-25(34)23(32)15-24(33)30-18-12-13-19(28)20(29)14-18/h4-14,23H,15H2,1-3H3,(H,30,33)(H,31,34). The number of benzene rings is 3. The van der Waals surface area contributed by atoms with Crippen LogP contribution in [0.25, 0.3) is 0 Å². The van der Waals surface area contributed by atoms with Crippen LogP contribution < -0.4 is 15.5 Å². The summed E-state index contributed by atoms with van der Waals surface area (Å²) in [6.45, 7) is 6.28. The van der Waals surface area contributed by atoms with Crippen molar-refractivity contribution in [2.75, 3.05) is 15.5 Å². The van der Waals surface area contributed by atoms with Crippen LogP contribution >= 0.6 is 23.2 Å².